The molecule has 6 heteroatoms. The summed E-state index contributed by atoms with van der Waals surface area (Å²) in [6.07, 6.45) is 5.49. The lowest BCUT2D eigenvalue weighted by atomic mass is 10.3. The van der Waals surface area contributed by atoms with Gasteiger partial charge in [-0.1, -0.05) is 21.1 Å². The van der Waals surface area contributed by atoms with Crippen LogP contribution >= 0.6 is 31.9 Å². The van der Waals surface area contributed by atoms with Crippen molar-refractivity contribution in [3.05, 3.63) is 40.4 Å². The van der Waals surface area contributed by atoms with Gasteiger partial charge in [0.15, 0.2) is 0 Å². The van der Waals surface area contributed by atoms with Gasteiger partial charge in [-0.05, 0) is 27.6 Å². The predicted octanol–water partition coefficient (Wildman–Crippen LogP) is 2.38. The van der Waals surface area contributed by atoms with Gasteiger partial charge >= 0.3 is 0 Å². The molecule has 0 aliphatic heterocycles. The average Bonchev–Trinajstić information content (AvgIpc) is 2.65. The van der Waals surface area contributed by atoms with Crippen LogP contribution in [0.4, 0.5) is 0 Å². The first-order valence-corrected chi connectivity index (χ1v) is 6.24. The van der Waals surface area contributed by atoms with E-state index in [1.54, 1.807) is 10.9 Å². The van der Waals surface area contributed by atoms with Gasteiger partial charge in [-0.3, -0.25) is 4.98 Å². The maximum atomic E-state index is 4.09. The molecule has 78 valence electrons. The summed E-state index contributed by atoms with van der Waals surface area (Å²) in [5.74, 6) is 0. The first-order valence-electron chi connectivity index (χ1n) is 4.32. The molecule has 0 aliphatic carbocycles. The number of halogens is 2. The van der Waals surface area contributed by atoms with E-state index in [2.05, 4.69) is 47.2 Å². The molecule has 0 amide bonds. The van der Waals surface area contributed by atoms with Gasteiger partial charge in [-0.2, -0.15) is 0 Å². The van der Waals surface area contributed by atoms with Crippen LogP contribution in [0.2, 0.25) is 0 Å². The smallest absolute Gasteiger partial charge is 0.0932 e. The van der Waals surface area contributed by atoms with E-state index < -0.39 is 0 Å². The van der Waals surface area contributed by atoms with E-state index in [-0.39, 0.29) is 0 Å². The Kier molecular flexibility index (Phi) is 3.48. The topological polar surface area (TPSA) is 43.6 Å². The zero-order valence-corrected chi connectivity index (χ0v) is 10.9. The predicted molar refractivity (Wildman–Crippen MR) is 63.7 cm³/mol. The monoisotopic (exact) mass is 330 g/mol. The zero-order valence-electron chi connectivity index (χ0n) is 7.77. The van der Waals surface area contributed by atoms with Gasteiger partial charge in [0.2, 0.25) is 0 Å². The fraction of sp³-hybridized carbons (Fsp3) is 0.222. The third kappa shape index (κ3) is 2.85. The van der Waals surface area contributed by atoms with E-state index >= 15 is 0 Å². The summed E-state index contributed by atoms with van der Waals surface area (Å²) in [6.45, 7) is 0.687. The number of pyridine rings is 1. The summed E-state index contributed by atoms with van der Waals surface area (Å²) in [5.41, 5.74) is 2.02. The Labute approximate surface area is 104 Å². The molecule has 2 aromatic rings. The lowest BCUT2D eigenvalue weighted by molar-refractivity contribution is 0.647. The fourth-order valence-electron chi connectivity index (χ4n) is 1.21. The maximum Gasteiger partial charge on any atom is 0.0932 e. The van der Waals surface area contributed by atoms with Crippen LogP contribution in [0.1, 0.15) is 11.3 Å². The Morgan fingerprint density at radius 2 is 2.20 bits per heavy atom. The van der Waals surface area contributed by atoms with Crippen LogP contribution < -0.4 is 0 Å². The Morgan fingerprint density at radius 3 is 2.87 bits per heavy atom. The largest absolute Gasteiger partial charge is 0.263 e. The quantitative estimate of drug-likeness (QED) is 0.811. The normalized spacial score (nSPS) is 10.5. The zero-order chi connectivity index (χ0) is 10.7. The number of alkyl halides is 1. The fourth-order valence-corrected chi connectivity index (χ4v) is 1.88. The van der Waals surface area contributed by atoms with Crippen molar-refractivity contribution >= 4 is 31.9 Å². The SMILES string of the molecule is BrCc1cn(Cc2cncc(Br)c2)nn1. The van der Waals surface area contributed by atoms with Gasteiger partial charge in [0.05, 0.1) is 12.2 Å². The standard InChI is InChI=1S/C9H8Br2N4/c10-2-9-6-15(14-13-9)5-7-1-8(11)4-12-3-7/h1,3-4,6H,2,5H2. The molecule has 0 fully saturated rings. The van der Waals surface area contributed by atoms with Crippen molar-refractivity contribution in [1.82, 2.24) is 20.0 Å². The highest BCUT2D eigenvalue weighted by Crippen LogP contribution is 2.10. The van der Waals surface area contributed by atoms with E-state index in [1.807, 2.05) is 18.5 Å². The van der Waals surface area contributed by atoms with E-state index in [4.69, 9.17) is 0 Å². The molecule has 0 spiro atoms. The van der Waals surface area contributed by atoms with Crippen LogP contribution in [0.15, 0.2) is 29.1 Å². The molecule has 4 nitrogen and oxygen atoms in total. The number of rotatable bonds is 3. The molecule has 0 unspecified atom stereocenters. The van der Waals surface area contributed by atoms with Gasteiger partial charge in [-0.25, -0.2) is 4.68 Å². The van der Waals surface area contributed by atoms with Gasteiger partial charge < -0.3 is 0 Å². The van der Waals surface area contributed by atoms with Crippen LogP contribution in [0.25, 0.3) is 0 Å². The minimum atomic E-state index is 0.687. The van der Waals surface area contributed by atoms with Gasteiger partial charge in [0.1, 0.15) is 0 Å². The third-order valence-electron chi connectivity index (χ3n) is 1.83. The average molecular weight is 332 g/mol. The van der Waals surface area contributed by atoms with Crippen LogP contribution in [0, 0.1) is 0 Å². The highest BCUT2D eigenvalue weighted by molar-refractivity contribution is 9.10. The molecule has 0 saturated heterocycles. The van der Waals surface area contributed by atoms with Crippen LogP contribution in [0.5, 0.6) is 0 Å². The van der Waals surface area contributed by atoms with Gasteiger partial charge in [0, 0.05) is 28.4 Å². The van der Waals surface area contributed by atoms with E-state index in [1.165, 1.54) is 0 Å². The number of hydrogen-bond donors (Lipinski definition) is 0. The summed E-state index contributed by atoms with van der Waals surface area (Å²) in [4.78, 5) is 4.09. The van der Waals surface area contributed by atoms with Crippen molar-refractivity contribution in [1.29, 1.82) is 0 Å². The lowest BCUT2D eigenvalue weighted by Crippen LogP contribution is -2.00. The summed E-state index contributed by atoms with van der Waals surface area (Å²) >= 11 is 6.71. The lowest BCUT2D eigenvalue weighted by Gasteiger charge is -2.00. The Morgan fingerprint density at radius 1 is 1.33 bits per heavy atom. The second kappa shape index (κ2) is 4.85. The molecule has 0 atom stereocenters. The molecule has 2 rings (SSSR count). The Balaban J connectivity index is 2.14. The van der Waals surface area contributed by atoms with Crippen molar-refractivity contribution < 1.29 is 0 Å². The van der Waals surface area contributed by atoms with Crippen molar-refractivity contribution in [3.8, 4) is 0 Å². The molecular formula is C9H8Br2N4. The highest BCUT2D eigenvalue weighted by Gasteiger charge is 2.00. The molecule has 0 saturated carbocycles. The number of hydrogen-bond acceptors (Lipinski definition) is 3. The summed E-state index contributed by atoms with van der Waals surface area (Å²) < 4.78 is 2.76. The number of nitrogens with zero attached hydrogens (tertiary/aromatic N) is 4. The summed E-state index contributed by atoms with van der Waals surface area (Å²) in [5, 5.41) is 8.72. The minimum Gasteiger partial charge on any atom is -0.263 e. The Bertz CT molecular complexity index is 455. The van der Waals surface area contributed by atoms with E-state index in [0.717, 1.165) is 21.1 Å². The summed E-state index contributed by atoms with van der Waals surface area (Å²) in [6, 6.07) is 2.02. The van der Waals surface area contributed by atoms with Crippen LogP contribution in [-0.4, -0.2) is 20.0 Å². The molecule has 0 N–H and O–H groups in total. The summed E-state index contributed by atoms with van der Waals surface area (Å²) in [7, 11) is 0. The number of aromatic nitrogens is 4. The van der Waals surface area contributed by atoms with Crippen molar-refractivity contribution in [2.24, 2.45) is 0 Å². The molecule has 2 aromatic heterocycles. The van der Waals surface area contributed by atoms with Crippen molar-refractivity contribution in [2.45, 2.75) is 11.9 Å². The van der Waals surface area contributed by atoms with Crippen molar-refractivity contribution in [3.63, 3.8) is 0 Å². The molecule has 0 aromatic carbocycles. The maximum absolute atomic E-state index is 4.09. The molecule has 2 heterocycles. The van der Waals surface area contributed by atoms with Crippen molar-refractivity contribution in [2.75, 3.05) is 0 Å². The second-order valence-electron chi connectivity index (χ2n) is 3.05. The highest BCUT2D eigenvalue weighted by atomic mass is 79.9. The van der Waals surface area contributed by atoms with Crippen LogP contribution in [-0.2, 0) is 11.9 Å². The molecular weight excluding hydrogens is 324 g/mol. The van der Waals surface area contributed by atoms with E-state index in [9.17, 15) is 0 Å². The molecule has 15 heavy (non-hydrogen) atoms. The second-order valence-corrected chi connectivity index (χ2v) is 4.53. The first-order chi connectivity index (χ1) is 7.28. The minimum absolute atomic E-state index is 0.687. The first kappa shape index (κ1) is 10.8. The van der Waals surface area contributed by atoms with Gasteiger partial charge in [0.25, 0.3) is 0 Å². The molecule has 0 aliphatic rings. The molecule has 0 bridgehead atoms. The van der Waals surface area contributed by atoms with Gasteiger partial charge in [-0.15, -0.1) is 5.10 Å². The van der Waals surface area contributed by atoms with Crippen LogP contribution in [0.3, 0.4) is 0 Å². The van der Waals surface area contributed by atoms with E-state index in [0.29, 0.717) is 6.54 Å². The Hall–Kier alpha value is -0.750. The third-order valence-corrected chi connectivity index (χ3v) is 2.84. The molecule has 0 radical (unpaired) electrons.